The molecule has 0 radical (unpaired) electrons. The predicted molar refractivity (Wildman–Crippen MR) is 98.3 cm³/mol. The Balaban J connectivity index is 1.76. The number of nitro groups is 1. The fraction of sp³-hybridized carbons (Fsp3) is 0.222. The molecule has 0 bridgehead atoms. The highest BCUT2D eigenvalue weighted by Gasteiger charge is 2.36. The fourth-order valence-corrected chi connectivity index (χ4v) is 3.15. The largest absolute Gasteiger partial charge is 0.326 e. The molecule has 3 rings (SSSR count). The van der Waals surface area contributed by atoms with Crippen molar-refractivity contribution in [1.82, 2.24) is 0 Å². The van der Waals surface area contributed by atoms with Crippen molar-refractivity contribution < 1.29 is 18.9 Å². The van der Waals surface area contributed by atoms with E-state index in [1.54, 1.807) is 25.1 Å². The Kier molecular flexibility index (Phi) is 5.09. The third-order valence-electron chi connectivity index (χ3n) is 4.44. The van der Waals surface area contributed by atoms with Crippen LogP contribution in [0.4, 0.5) is 21.5 Å². The first-order chi connectivity index (χ1) is 12.8. The maximum atomic E-state index is 13.4. The number of carbonyl (C=O) groups excluding carboxylic acids is 2. The SMILES string of the molecule is Cc1c(Cl)cccc1N1C[C@H](C(=O)Nc2ccc(F)c([N+](=O)[O-])c2)CC1=O. The summed E-state index contributed by atoms with van der Waals surface area (Å²) in [4.78, 5) is 36.3. The lowest BCUT2D eigenvalue weighted by atomic mass is 10.1. The van der Waals surface area contributed by atoms with Crippen molar-refractivity contribution in [3.8, 4) is 0 Å². The van der Waals surface area contributed by atoms with Gasteiger partial charge in [0.25, 0.3) is 0 Å². The van der Waals surface area contributed by atoms with Crippen LogP contribution in [0.25, 0.3) is 0 Å². The lowest BCUT2D eigenvalue weighted by molar-refractivity contribution is -0.387. The van der Waals surface area contributed by atoms with Crippen LogP contribution in [0, 0.1) is 28.8 Å². The van der Waals surface area contributed by atoms with Crippen molar-refractivity contribution in [3.05, 3.63) is 62.9 Å². The van der Waals surface area contributed by atoms with Gasteiger partial charge in [0, 0.05) is 35.4 Å². The quantitative estimate of drug-likeness (QED) is 0.635. The molecule has 1 aliphatic rings. The maximum absolute atomic E-state index is 13.4. The third kappa shape index (κ3) is 3.75. The average molecular weight is 392 g/mol. The first-order valence-corrected chi connectivity index (χ1v) is 8.46. The van der Waals surface area contributed by atoms with Gasteiger partial charge < -0.3 is 10.2 Å². The Bertz CT molecular complexity index is 950. The van der Waals surface area contributed by atoms with Gasteiger partial charge in [-0.05, 0) is 36.8 Å². The highest BCUT2D eigenvalue weighted by atomic mass is 35.5. The standard InChI is InChI=1S/C18H15ClFN3O4/c1-10-13(19)3-2-4-15(10)22-9-11(7-17(22)24)18(25)21-12-5-6-14(20)16(8-12)23(26)27/h2-6,8,11H,7,9H2,1H3,(H,21,25)/t11-/m1/s1. The van der Waals surface area contributed by atoms with Gasteiger partial charge in [-0.1, -0.05) is 17.7 Å². The monoisotopic (exact) mass is 391 g/mol. The van der Waals surface area contributed by atoms with Crippen LogP contribution in [0.1, 0.15) is 12.0 Å². The van der Waals surface area contributed by atoms with Crippen LogP contribution in [0.3, 0.4) is 0 Å². The second-order valence-corrected chi connectivity index (χ2v) is 6.61. The van der Waals surface area contributed by atoms with Gasteiger partial charge in [-0.2, -0.15) is 4.39 Å². The summed E-state index contributed by atoms with van der Waals surface area (Å²) in [6.45, 7) is 1.95. The number of rotatable bonds is 4. The lowest BCUT2D eigenvalue weighted by Gasteiger charge is -2.19. The molecule has 0 saturated carbocycles. The molecule has 0 unspecified atom stereocenters. The molecule has 140 valence electrons. The molecule has 1 N–H and O–H groups in total. The lowest BCUT2D eigenvalue weighted by Crippen LogP contribution is -2.28. The number of nitrogens with one attached hydrogen (secondary N) is 1. The summed E-state index contributed by atoms with van der Waals surface area (Å²) < 4.78 is 13.4. The summed E-state index contributed by atoms with van der Waals surface area (Å²) >= 11 is 6.10. The minimum atomic E-state index is -0.989. The molecule has 1 fully saturated rings. The molecule has 9 heteroatoms. The van der Waals surface area contributed by atoms with Gasteiger partial charge in [0.15, 0.2) is 0 Å². The number of anilines is 2. The molecule has 1 atom stereocenters. The molecule has 0 aromatic heterocycles. The average Bonchev–Trinajstić information content (AvgIpc) is 3.00. The van der Waals surface area contributed by atoms with Crippen LogP contribution in [-0.2, 0) is 9.59 Å². The highest BCUT2D eigenvalue weighted by molar-refractivity contribution is 6.31. The van der Waals surface area contributed by atoms with Crippen molar-refractivity contribution in [1.29, 1.82) is 0 Å². The molecule has 2 aromatic rings. The number of carbonyl (C=O) groups is 2. The van der Waals surface area contributed by atoms with Crippen molar-refractivity contribution >= 4 is 40.5 Å². The van der Waals surface area contributed by atoms with E-state index in [0.717, 1.165) is 17.7 Å². The normalized spacial score (nSPS) is 16.5. The van der Waals surface area contributed by atoms with E-state index < -0.39 is 28.3 Å². The van der Waals surface area contributed by atoms with E-state index in [2.05, 4.69) is 5.32 Å². The minimum Gasteiger partial charge on any atom is -0.326 e. The van der Waals surface area contributed by atoms with Crippen molar-refractivity contribution in [2.24, 2.45) is 5.92 Å². The van der Waals surface area contributed by atoms with Gasteiger partial charge in [-0.3, -0.25) is 19.7 Å². The van der Waals surface area contributed by atoms with E-state index >= 15 is 0 Å². The number of hydrogen-bond donors (Lipinski definition) is 1. The smallest absolute Gasteiger partial charge is 0.306 e. The molecule has 2 amide bonds. The minimum absolute atomic E-state index is 0.00107. The highest BCUT2D eigenvalue weighted by Crippen LogP contribution is 2.32. The summed E-state index contributed by atoms with van der Waals surface area (Å²) in [5.74, 6) is -2.31. The molecule has 2 aromatic carbocycles. The third-order valence-corrected chi connectivity index (χ3v) is 4.85. The molecule has 7 nitrogen and oxygen atoms in total. The second-order valence-electron chi connectivity index (χ2n) is 6.20. The van der Waals surface area contributed by atoms with Crippen molar-refractivity contribution in [3.63, 3.8) is 0 Å². The summed E-state index contributed by atoms with van der Waals surface area (Å²) in [6.07, 6.45) is 0.00107. The molecule has 1 heterocycles. The summed E-state index contributed by atoms with van der Waals surface area (Å²) in [5.41, 5.74) is 0.743. The molecule has 1 saturated heterocycles. The first kappa shape index (κ1) is 18.8. The maximum Gasteiger partial charge on any atom is 0.306 e. The van der Waals surface area contributed by atoms with Crippen LogP contribution in [0.5, 0.6) is 0 Å². The van der Waals surface area contributed by atoms with E-state index in [1.807, 2.05) is 0 Å². The number of hydrogen-bond acceptors (Lipinski definition) is 4. The first-order valence-electron chi connectivity index (χ1n) is 8.08. The molecule has 27 heavy (non-hydrogen) atoms. The number of benzene rings is 2. The Labute approximate surface area is 158 Å². The predicted octanol–water partition coefficient (Wildman–Crippen LogP) is 3.69. The Hall–Kier alpha value is -3.00. The van der Waals surface area contributed by atoms with Crippen LogP contribution in [0.15, 0.2) is 36.4 Å². The number of amides is 2. The fourth-order valence-electron chi connectivity index (χ4n) is 2.98. The van der Waals surface area contributed by atoms with Crippen LogP contribution in [-0.4, -0.2) is 23.3 Å². The van der Waals surface area contributed by atoms with E-state index in [-0.39, 0.29) is 24.6 Å². The van der Waals surface area contributed by atoms with Crippen molar-refractivity contribution in [2.75, 3.05) is 16.8 Å². The zero-order valence-corrected chi connectivity index (χ0v) is 15.0. The van der Waals surface area contributed by atoms with Gasteiger partial charge in [0.05, 0.1) is 10.8 Å². The molecular weight excluding hydrogens is 377 g/mol. The second kappa shape index (κ2) is 7.32. The van der Waals surface area contributed by atoms with Gasteiger partial charge in [0.1, 0.15) is 0 Å². The van der Waals surface area contributed by atoms with E-state index in [1.165, 1.54) is 11.0 Å². The number of nitro benzene ring substituents is 1. The zero-order valence-electron chi connectivity index (χ0n) is 14.2. The van der Waals surface area contributed by atoms with E-state index in [0.29, 0.717) is 10.7 Å². The van der Waals surface area contributed by atoms with Crippen LogP contribution in [0.2, 0.25) is 5.02 Å². The molecule has 0 spiro atoms. The summed E-state index contributed by atoms with van der Waals surface area (Å²) in [6, 6.07) is 8.28. The summed E-state index contributed by atoms with van der Waals surface area (Å²) in [7, 11) is 0. The Morgan fingerprint density at radius 3 is 2.81 bits per heavy atom. The van der Waals surface area contributed by atoms with Gasteiger partial charge >= 0.3 is 5.69 Å². The molecule has 1 aliphatic heterocycles. The van der Waals surface area contributed by atoms with Gasteiger partial charge in [0.2, 0.25) is 17.6 Å². The topological polar surface area (TPSA) is 92.6 Å². The number of halogens is 2. The zero-order chi connectivity index (χ0) is 19.7. The Morgan fingerprint density at radius 1 is 1.37 bits per heavy atom. The van der Waals surface area contributed by atoms with Gasteiger partial charge in [-0.25, -0.2) is 0 Å². The van der Waals surface area contributed by atoms with Crippen LogP contribution < -0.4 is 10.2 Å². The van der Waals surface area contributed by atoms with Crippen molar-refractivity contribution in [2.45, 2.75) is 13.3 Å². The van der Waals surface area contributed by atoms with E-state index in [4.69, 9.17) is 11.6 Å². The molecular formula is C18H15ClFN3O4. The van der Waals surface area contributed by atoms with Crippen LogP contribution >= 0.6 is 11.6 Å². The number of nitrogens with zero attached hydrogens (tertiary/aromatic N) is 2. The van der Waals surface area contributed by atoms with Gasteiger partial charge in [-0.15, -0.1) is 0 Å². The summed E-state index contributed by atoms with van der Waals surface area (Å²) in [5, 5.41) is 13.8. The van der Waals surface area contributed by atoms with E-state index in [9.17, 15) is 24.1 Å². The Morgan fingerprint density at radius 2 is 2.11 bits per heavy atom. The molecule has 0 aliphatic carbocycles.